The summed E-state index contributed by atoms with van der Waals surface area (Å²) < 4.78 is 19.6. The van der Waals surface area contributed by atoms with Gasteiger partial charge in [-0.15, -0.1) is 0 Å². The van der Waals surface area contributed by atoms with Crippen molar-refractivity contribution in [2.45, 2.75) is 57.6 Å². The quantitative estimate of drug-likeness (QED) is 0.607. The lowest BCUT2D eigenvalue weighted by atomic mass is 9.71. The number of nitrogens with zero attached hydrogens (tertiary/aromatic N) is 1. The number of fused-ring (bicyclic) bond motifs is 1. The lowest BCUT2D eigenvalue weighted by Gasteiger charge is -2.43. The molecule has 8 heteroatoms. The predicted octanol–water partition coefficient (Wildman–Crippen LogP) is 3.19. The smallest absolute Gasteiger partial charge is 0.328 e. The molecule has 1 aliphatic heterocycles. The first kappa shape index (κ1) is 24.8. The minimum atomic E-state index is -1.26. The second-order valence-electron chi connectivity index (χ2n) is 8.88. The molecule has 172 valence electrons. The fourth-order valence-corrected chi connectivity index (χ4v) is 4.62. The zero-order valence-corrected chi connectivity index (χ0v) is 18.5. The summed E-state index contributed by atoms with van der Waals surface area (Å²) in [7, 11) is 3.61. The zero-order valence-electron chi connectivity index (χ0n) is 18.5. The van der Waals surface area contributed by atoms with Crippen LogP contribution in [0.2, 0.25) is 0 Å². The number of benzene rings is 1. The van der Waals surface area contributed by atoms with Crippen molar-refractivity contribution in [1.29, 1.82) is 0 Å². The van der Waals surface area contributed by atoms with E-state index in [4.69, 9.17) is 14.9 Å². The van der Waals surface area contributed by atoms with Crippen LogP contribution in [0.1, 0.15) is 50.7 Å². The number of carboxylic acids is 2. The Balaban J connectivity index is 0.000000366. The van der Waals surface area contributed by atoms with Crippen molar-refractivity contribution >= 4 is 11.9 Å². The second kappa shape index (κ2) is 9.78. The molecule has 0 radical (unpaired) electrons. The molecule has 3 N–H and O–H groups in total. The van der Waals surface area contributed by atoms with Gasteiger partial charge in [-0.1, -0.05) is 26.3 Å². The number of halogens is 1. The highest BCUT2D eigenvalue weighted by atomic mass is 19.1. The Labute approximate surface area is 182 Å². The zero-order chi connectivity index (χ0) is 23.4. The Hall–Kier alpha value is -2.45. The number of likely N-dealkylation sites (tertiary alicyclic amines) is 1. The molecular weight excluding hydrogens is 405 g/mol. The fraction of sp³-hybridized carbons (Fsp3) is 0.565. The van der Waals surface area contributed by atoms with Crippen LogP contribution in [0.4, 0.5) is 4.39 Å². The van der Waals surface area contributed by atoms with Crippen molar-refractivity contribution in [2.75, 3.05) is 20.7 Å². The summed E-state index contributed by atoms with van der Waals surface area (Å²) in [5.74, 6) is -2.69. The summed E-state index contributed by atoms with van der Waals surface area (Å²) in [6.07, 6.45) is 5.98. The Bertz CT molecular complexity index is 837. The van der Waals surface area contributed by atoms with E-state index in [1.807, 2.05) is 0 Å². The topological polar surface area (TPSA) is 107 Å². The van der Waals surface area contributed by atoms with Crippen molar-refractivity contribution in [3.63, 3.8) is 0 Å². The average molecular weight is 438 g/mol. The van der Waals surface area contributed by atoms with Gasteiger partial charge in [-0.05, 0) is 50.9 Å². The Kier molecular flexibility index (Phi) is 7.83. The van der Waals surface area contributed by atoms with Crippen LogP contribution < -0.4 is 4.74 Å². The van der Waals surface area contributed by atoms with Gasteiger partial charge in [0.25, 0.3) is 0 Å². The van der Waals surface area contributed by atoms with Crippen molar-refractivity contribution < 1.29 is 34.0 Å². The minimum Gasteiger partial charge on any atom is -0.493 e. The van der Waals surface area contributed by atoms with Crippen LogP contribution in [0.25, 0.3) is 0 Å². The summed E-state index contributed by atoms with van der Waals surface area (Å²) in [6.45, 7) is 5.22. The first-order valence-electron chi connectivity index (χ1n) is 10.4. The van der Waals surface area contributed by atoms with Crippen molar-refractivity contribution in [2.24, 2.45) is 5.41 Å². The van der Waals surface area contributed by atoms with Crippen molar-refractivity contribution in [3.8, 4) is 5.75 Å². The molecule has 1 aromatic rings. The standard InChI is InChI=1S/C19H28FNO2.C4H4O4/c1-18(2)11-13-8-9-15(20)17(23-4)16(13)19(18,22)12-14-7-5-6-10-21(14)3;5-3(6)1-2-4(7)8/h8-9,14,22H,5-7,10-12H2,1-4H3;1-2H,(H,5,6)(H,7,8). The largest absolute Gasteiger partial charge is 0.493 e. The maximum absolute atomic E-state index is 14.2. The third kappa shape index (κ3) is 5.43. The van der Waals surface area contributed by atoms with Crippen LogP contribution in [-0.4, -0.2) is 58.9 Å². The summed E-state index contributed by atoms with van der Waals surface area (Å²) in [5.41, 5.74) is 0.277. The summed E-state index contributed by atoms with van der Waals surface area (Å²) in [6, 6.07) is 3.58. The van der Waals surface area contributed by atoms with Gasteiger partial charge in [0.05, 0.1) is 7.11 Å². The summed E-state index contributed by atoms with van der Waals surface area (Å²) in [5, 5.41) is 27.3. The molecule has 1 aromatic carbocycles. The Morgan fingerprint density at radius 2 is 1.84 bits per heavy atom. The third-order valence-corrected chi connectivity index (χ3v) is 6.39. The van der Waals surface area contributed by atoms with Gasteiger partial charge in [-0.3, -0.25) is 0 Å². The molecule has 0 aromatic heterocycles. The first-order valence-corrected chi connectivity index (χ1v) is 10.4. The Morgan fingerprint density at radius 1 is 1.23 bits per heavy atom. The number of hydrogen-bond donors (Lipinski definition) is 3. The van der Waals surface area contributed by atoms with Gasteiger partial charge in [0.2, 0.25) is 0 Å². The number of hydrogen-bond acceptors (Lipinski definition) is 5. The molecule has 0 spiro atoms. The Morgan fingerprint density at radius 3 is 2.35 bits per heavy atom. The van der Waals surface area contributed by atoms with Gasteiger partial charge in [-0.2, -0.15) is 0 Å². The number of carboxylic acid groups (broad SMARTS) is 2. The van der Waals surface area contributed by atoms with E-state index in [9.17, 15) is 19.1 Å². The molecule has 2 aliphatic rings. The maximum atomic E-state index is 14.2. The van der Waals surface area contributed by atoms with Crippen LogP contribution in [0.3, 0.4) is 0 Å². The highest BCUT2D eigenvalue weighted by Crippen LogP contribution is 2.56. The van der Waals surface area contributed by atoms with Crippen LogP contribution in [-0.2, 0) is 21.6 Å². The molecule has 1 aliphatic carbocycles. The van der Waals surface area contributed by atoms with E-state index in [0.717, 1.165) is 24.9 Å². The molecule has 0 amide bonds. The van der Waals surface area contributed by atoms with Gasteiger partial charge in [0.15, 0.2) is 11.6 Å². The van der Waals surface area contributed by atoms with E-state index in [1.54, 1.807) is 6.07 Å². The van der Waals surface area contributed by atoms with E-state index in [2.05, 4.69) is 25.8 Å². The maximum Gasteiger partial charge on any atom is 0.328 e. The van der Waals surface area contributed by atoms with E-state index < -0.39 is 17.5 Å². The fourth-order valence-electron chi connectivity index (χ4n) is 4.62. The molecule has 31 heavy (non-hydrogen) atoms. The monoisotopic (exact) mass is 437 g/mol. The molecule has 0 bridgehead atoms. The van der Waals surface area contributed by atoms with E-state index >= 15 is 0 Å². The molecule has 1 heterocycles. The van der Waals surface area contributed by atoms with Gasteiger partial charge < -0.3 is 25.0 Å². The van der Waals surface area contributed by atoms with Crippen molar-refractivity contribution in [3.05, 3.63) is 41.2 Å². The highest BCUT2D eigenvalue weighted by molar-refractivity contribution is 5.89. The van der Waals surface area contributed by atoms with Gasteiger partial charge in [-0.25, -0.2) is 14.0 Å². The first-order chi connectivity index (χ1) is 14.4. The molecule has 7 nitrogen and oxygen atoms in total. The molecule has 2 unspecified atom stereocenters. The van der Waals surface area contributed by atoms with E-state index in [1.165, 1.54) is 26.0 Å². The summed E-state index contributed by atoms with van der Waals surface area (Å²) in [4.78, 5) is 21.4. The van der Waals surface area contributed by atoms with Crippen LogP contribution in [0, 0.1) is 11.2 Å². The molecule has 1 fully saturated rings. The number of ether oxygens (including phenoxy) is 1. The van der Waals surface area contributed by atoms with Gasteiger partial charge >= 0.3 is 11.9 Å². The number of rotatable bonds is 5. The normalized spacial score (nSPS) is 24.9. The molecule has 0 saturated carbocycles. The average Bonchev–Trinajstić information content (AvgIpc) is 2.88. The summed E-state index contributed by atoms with van der Waals surface area (Å²) >= 11 is 0. The highest BCUT2D eigenvalue weighted by Gasteiger charge is 2.54. The van der Waals surface area contributed by atoms with Crippen LogP contribution in [0.15, 0.2) is 24.3 Å². The number of carbonyl (C=O) groups is 2. The van der Waals surface area contributed by atoms with Crippen LogP contribution >= 0.6 is 0 Å². The van der Waals surface area contributed by atoms with Gasteiger partial charge in [0, 0.05) is 29.2 Å². The van der Waals surface area contributed by atoms with Crippen LogP contribution in [0.5, 0.6) is 5.75 Å². The molecule has 3 rings (SSSR count). The van der Waals surface area contributed by atoms with Gasteiger partial charge in [0.1, 0.15) is 5.60 Å². The number of aliphatic hydroxyl groups is 1. The van der Waals surface area contributed by atoms with Crippen molar-refractivity contribution in [1.82, 2.24) is 4.90 Å². The molecule has 2 atom stereocenters. The lowest BCUT2D eigenvalue weighted by molar-refractivity contribution is -0.134. The third-order valence-electron chi connectivity index (χ3n) is 6.39. The predicted molar refractivity (Wildman–Crippen MR) is 114 cm³/mol. The SMILES string of the molecule is COc1c(F)ccc2c1C(O)(CC1CCCCN1C)C(C)(C)C2.O=C(O)C=CC(=O)O. The lowest BCUT2D eigenvalue weighted by Crippen LogP contribution is -2.47. The number of piperidine rings is 1. The second-order valence-corrected chi connectivity index (χ2v) is 8.88. The number of aliphatic carboxylic acids is 2. The molecular formula is C23H32FNO6. The van der Waals surface area contributed by atoms with E-state index in [0.29, 0.717) is 30.2 Å². The molecule has 1 saturated heterocycles. The minimum absolute atomic E-state index is 0.217. The number of methoxy groups -OCH3 is 1. The van der Waals surface area contributed by atoms with E-state index in [-0.39, 0.29) is 17.0 Å².